The first-order valence-electron chi connectivity index (χ1n) is 5.75. The molecule has 0 aliphatic rings. The summed E-state index contributed by atoms with van der Waals surface area (Å²) < 4.78 is 18.9. The molecule has 18 heavy (non-hydrogen) atoms. The van der Waals surface area contributed by atoms with Crippen molar-refractivity contribution in [1.29, 1.82) is 0 Å². The summed E-state index contributed by atoms with van der Waals surface area (Å²) in [5, 5.41) is 0.769. The number of terminal acetylenes is 1. The molecule has 3 nitrogen and oxygen atoms in total. The molecule has 0 aliphatic heterocycles. The van der Waals surface area contributed by atoms with Crippen LogP contribution in [0.1, 0.15) is 30.2 Å². The molecule has 0 saturated heterocycles. The zero-order chi connectivity index (χ0) is 13.1. The van der Waals surface area contributed by atoms with Gasteiger partial charge in [0.05, 0.1) is 6.04 Å². The summed E-state index contributed by atoms with van der Waals surface area (Å²) in [7, 11) is 0. The zero-order valence-corrected chi connectivity index (χ0v) is 10.2. The Morgan fingerprint density at radius 2 is 2.33 bits per heavy atom. The molecule has 0 spiro atoms. The number of fused-ring (bicyclic) bond motifs is 1. The Kier molecular flexibility index (Phi) is 3.66. The molecule has 4 heteroatoms. The van der Waals surface area contributed by atoms with Gasteiger partial charge in [-0.15, -0.1) is 12.3 Å². The van der Waals surface area contributed by atoms with E-state index in [9.17, 15) is 4.39 Å². The van der Waals surface area contributed by atoms with Crippen LogP contribution in [-0.2, 0) is 0 Å². The zero-order valence-electron chi connectivity index (χ0n) is 10.2. The van der Waals surface area contributed by atoms with Gasteiger partial charge in [-0.1, -0.05) is 0 Å². The maximum Gasteiger partial charge on any atom is 0.134 e. The second-order valence-electron chi connectivity index (χ2n) is 4.19. The first-order chi connectivity index (χ1) is 8.67. The quantitative estimate of drug-likeness (QED) is 0.495. The molecule has 94 valence electrons. The molecule has 1 heterocycles. The van der Waals surface area contributed by atoms with E-state index in [1.165, 1.54) is 12.1 Å². The summed E-state index contributed by atoms with van der Waals surface area (Å²) in [6, 6.07) is 4.31. The van der Waals surface area contributed by atoms with Gasteiger partial charge in [-0.05, 0) is 31.5 Å². The Morgan fingerprint density at radius 1 is 1.56 bits per heavy atom. The predicted octanol–water partition coefficient (Wildman–Crippen LogP) is 2.80. The fourth-order valence-corrected chi connectivity index (χ4v) is 2.06. The van der Waals surface area contributed by atoms with E-state index >= 15 is 0 Å². The van der Waals surface area contributed by atoms with Crippen molar-refractivity contribution in [3.05, 3.63) is 35.3 Å². The highest BCUT2D eigenvalue weighted by Crippen LogP contribution is 2.31. The Hall–Kier alpha value is -1.83. The van der Waals surface area contributed by atoms with Crippen molar-refractivity contribution in [2.75, 3.05) is 0 Å². The average molecular weight is 246 g/mol. The third kappa shape index (κ3) is 2.23. The summed E-state index contributed by atoms with van der Waals surface area (Å²) in [5.74, 6) is 8.52. The average Bonchev–Trinajstić information content (AvgIpc) is 2.68. The van der Waals surface area contributed by atoms with Gasteiger partial charge in [-0.2, -0.15) is 0 Å². The molecular weight excluding hydrogens is 231 g/mol. The maximum atomic E-state index is 13.2. The number of benzene rings is 1. The molecule has 3 N–H and O–H groups in total. The fraction of sp³-hybridized carbons (Fsp3) is 0.286. The van der Waals surface area contributed by atoms with Gasteiger partial charge in [-0.25, -0.2) is 9.82 Å². The minimum absolute atomic E-state index is 0.156. The normalized spacial score (nSPS) is 12.6. The monoisotopic (exact) mass is 246 g/mol. The van der Waals surface area contributed by atoms with Crippen LogP contribution in [0.4, 0.5) is 4.39 Å². The Labute approximate surface area is 105 Å². The van der Waals surface area contributed by atoms with Crippen molar-refractivity contribution in [1.82, 2.24) is 5.43 Å². The van der Waals surface area contributed by atoms with Crippen LogP contribution in [0.25, 0.3) is 11.0 Å². The maximum absolute atomic E-state index is 13.2. The van der Waals surface area contributed by atoms with E-state index in [0.717, 1.165) is 10.9 Å². The topological polar surface area (TPSA) is 51.2 Å². The van der Waals surface area contributed by atoms with Crippen LogP contribution in [-0.4, -0.2) is 0 Å². The Morgan fingerprint density at radius 3 is 3.00 bits per heavy atom. The number of nitrogens with one attached hydrogen (secondary N) is 1. The lowest BCUT2D eigenvalue weighted by Crippen LogP contribution is -2.28. The van der Waals surface area contributed by atoms with E-state index in [2.05, 4.69) is 11.3 Å². The van der Waals surface area contributed by atoms with Crippen molar-refractivity contribution in [2.45, 2.75) is 25.8 Å². The smallest absolute Gasteiger partial charge is 0.134 e. The molecule has 2 rings (SSSR count). The third-order valence-corrected chi connectivity index (χ3v) is 3.03. The molecule has 0 aliphatic carbocycles. The molecule has 2 aromatic rings. The van der Waals surface area contributed by atoms with E-state index < -0.39 is 0 Å². The van der Waals surface area contributed by atoms with Crippen LogP contribution in [0.15, 0.2) is 22.6 Å². The summed E-state index contributed by atoms with van der Waals surface area (Å²) in [6.07, 6.45) is 6.52. The van der Waals surface area contributed by atoms with Gasteiger partial charge in [0.15, 0.2) is 0 Å². The van der Waals surface area contributed by atoms with Crippen molar-refractivity contribution in [3.8, 4) is 12.3 Å². The van der Waals surface area contributed by atoms with Crippen LogP contribution in [0.3, 0.4) is 0 Å². The SMILES string of the molecule is C#CCCC(NN)c1oc2ccc(F)cc2c1C. The molecule has 1 aromatic carbocycles. The standard InChI is InChI=1S/C14H15FN2O/c1-3-4-5-12(17-16)14-9(2)11-8-10(15)6-7-13(11)18-14/h1,6-8,12,17H,4-5,16H2,2H3. The van der Waals surface area contributed by atoms with E-state index in [4.69, 9.17) is 16.7 Å². The van der Waals surface area contributed by atoms with E-state index in [1.54, 1.807) is 6.07 Å². The van der Waals surface area contributed by atoms with Crippen LogP contribution >= 0.6 is 0 Å². The lowest BCUT2D eigenvalue weighted by atomic mass is 10.0. The van der Waals surface area contributed by atoms with Crippen molar-refractivity contribution < 1.29 is 8.81 Å². The Bertz CT molecular complexity index is 598. The molecule has 0 fully saturated rings. The number of halogens is 1. The number of hydrogen-bond acceptors (Lipinski definition) is 3. The van der Waals surface area contributed by atoms with Crippen LogP contribution in [0, 0.1) is 25.1 Å². The van der Waals surface area contributed by atoms with Crippen molar-refractivity contribution in [2.24, 2.45) is 5.84 Å². The molecule has 0 bridgehead atoms. The van der Waals surface area contributed by atoms with Gasteiger partial charge in [0.25, 0.3) is 0 Å². The van der Waals surface area contributed by atoms with Crippen LogP contribution < -0.4 is 11.3 Å². The largest absolute Gasteiger partial charge is 0.459 e. The molecular formula is C14H15FN2O. The summed E-state index contributed by atoms with van der Waals surface area (Å²) in [5.41, 5.74) is 4.24. The number of nitrogens with two attached hydrogens (primary N) is 1. The molecule has 0 saturated carbocycles. The van der Waals surface area contributed by atoms with Gasteiger partial charge < -0.3 is 4.42 Å². The number of furan rings is 1. The first-order valence-corrected chi connectivity index (χ1v) is 5.75. The van der Waals surface area contributed by atoms with E-state index in [1.807, 2.05) is 6.92 Å². The van der Waals surface area contributed by atoms with Crippen LogP contribution in [0.2, 0.25) is 0 Å². The van der Waals surface area contributed by atoms with Crippen molar-refractivity contribution in [3.63, 3.8) is 0 Å². The van der Waals surface area contributed by atoms with Gasteiger partial charge in [0, 0.05) is 17.4 Å². The van der Waals surface area contributed by atoms with Gasteiger partial charge in [-0.3, -0.25) is 5.84 Å². The summed E-state index contributed by atoms with van der Waals surface area (Å²) in [6.45, 7) is 1.89. The number of hydrogen-bond donors (Lipinski definition) is 2. The molecule has 0 radical (unpaired) electrons. The minimum atomic E-state index is -0.279. The third-order valence-electron chi connectivity index (χ3n) is 3.03. The molecule has 0 amide bonds. The fourth-order valence-electron chi connectivity index (χ4n) is 2.06. The van der Waals surface area contributed by atoms with E-state index in [0.29, 0.717) is 24.2 Å². The number of rotatable bonds is 4. The van der Waals surface area contributed by atoms with Gasteiger partial charge >= 0.3 is 0 Å². The number of aryl methyl sites for hydroxylation is 1. The number of hydrazine groups is 1. The first kappa shape index (κ1) is 12.6. The molecule has 1 atom stereocenters. The second kappa shape index (κ2) is 5.21. The van der Waals surface area contributed by atoms with Crippen molar-refractivity contribution >= 4 is 11.0 Å². The highest BCUT2D eigenvalue weighted by molar-refractivity contribution is 5.82. The molecule has 1 unspecified atom stereocenters. The summed E-state index contributed by atoms with van der Waals surface area (Å²) >= 11 is 0. The lowest BCUT2D eigenvalue weighted by Gasteiger charge is -2.12. The van der Waals surface area contributed by atoms with Crippen LogP contribution in [0.5, 0.6) is 0 Å². The Balaban J connectivity index is 2.44. The lowest BCUT2D eigenvalue weighted by molar-refractivity contribution is 0.417. The predicted molar refractivity (Wildman–Crippen MR) is 69.0 cm³/mol. The minimum Gasteiger partial charge on any atom is -0.459 e. The second-order valence-corrected chi connectivity index (χ2v) is 4.19. The van der Waals surface area contributed by atoms with Gasteiger partial charge in [0.2, 0.25) is 0 Å². The molecule has 1 aromatic heterocycles. The highest BCUT2D eigenvalue weighted by atomic mass is 19.1. The highest BCUT2D eigenvalue weighted by Gasteiger charge is 2.19. The van der Waals surface area contributed by atoms with Gasteiger partial charge in [0.1, 0.15) is 17.2 Å². The summed E-state index contributed by atoms with van der Waals surface area (Å²) in [4.78, 5) is 0. The van der Waals surface area contributed by atoms with E-state index in [-0.39, 0.29) is 11.9 Å².